The van der Waals surface area contributed by atoms with E-state index in [4.69, 9.17) is 11.6 Å². The van der Waals surface area contributed by atoms with Crippen molar-refractivity contribution in [2.45, 2.75) is 26.2 Å². The largest absolute Gasteiger partial charge is 0.370 e. The first-order valence-corrected chi connectivity index (χ1v) is 13.2. The molecule has 0 aliphatic carbocycles. The number of rotatable bonds is 19. The Labute approximate surface area is 225 Å². The molecule has 0 bridgehead atoms. The van der Waals surface area contributed by atoms with Gasteiger partial charge in [-0.15, -0.1) is 11.6 Å². The summed E-state index contributed by atoms with van der Waals surface area (Å²) in [6, 6.07) is 6.58. The van der Waals surface area contributed by atoms with Crippen LogP contribution in [0.25, 0.3) is 6.08 Å². The average Bonchev–Trinajstić information content (AvgIpc) is 2.88. The monoisotopic (exact) mass is 531 g/mol. The molecule has 0 aliphatic rings. The van der Waals surface area contributed by atoms with Gasteiger partial charge in [-0.2, -0.15) is 0 Å². The Morgan fingerprint density at radius 2 is 1.81 bits per heavy atom. The van der Waals surface area contributed by atoms with Crippen molar-refractivity contribution in [1.29, 1.82) is 0 Å². The summed E-state index contributed by atoms with van der Waals surface area (Å²) in [7, 11) is 2.02. The van der Waals surface area contributed by atoms with Gasteiger partial charge in [0.15, 0.2) is 5.82 Å². The molecule has 8 heteroatoms. The number of thioether (sulfide) groups is 1. The maximum Gasteiger partial charge on any atom is 0.154 e. The number of hydrogen-bond donors (Lipinski definition) is 2. The molecular weight excluding hydrogens is 493 g/mol. The van der Waals surface area contributed by atoms with E-state index < -0.39 is 0 Å². The highest BCUT2D eigenvalue weighted by atomic mass is 35.5. The van der Waals surface area contributed by atoms with Gasteiger partial charge in [-0.05, 0) is 49.5 Å². The number of halogens is 2. The molecule has 0 heterocycles. The van der Waals surface area contributed by atoms with Gasteiger partial charge < -0.3 is 20.4 Å². The summed E-state index contributed by atoms with van der Waals surface area (Å²) in [5.41, 5.74) is 2.41. The molecule has 0 aromatic heterocycles. The van der Waals surface area contributed by atoms with Gasteiger partial charge in [0, 0.05) is 31.6 Å². The van der Waals surface area contributed by atoms with Gasteiger partial charge in [0.1, 0.15) is 11.5 Å². The number of nitrogens with zero attached hydrogens (tertiary/aromatic N) is 3. The van der Waals surface area contributed by atoms with Crippen LogP contribution in [0.5, 0.6) is 0 Å². The van der Waals surface area contributed by atoms with Crippen molar-refractivity contribution < 1.29 is 4.39 Å². The Kier molecular flexibility index (Phi) is 15.1. The third-order valence-electron chi connectivity index (χ3n) is 5.29. The molecule has 0 amide bonds. The fourth-order valence-corrected chi connectivity index (χ4v) is 4.19. The molecule has 196 valence electrons. The summed E-state index contributed by atoms with van der Waals surface area (Å²) in [4.78, 5) is 9.37. The van der Waals surface area contributed by atoms with Crippen molar-refractivity contribution in [3.8, 4) is 0 Å². The smallest absolute Gasteiger partial charge is 0.154 e. The second-order valence-corrected chi connectivity index (χ2v) is 9.32. The van der Waals surface area contributed by atoms with E-state index in [1.807, 2.05) is 13.1 Å². The topological polar surface area (TPSA) is 42.9 Å². The van der Waals surface area contributed by atoms with Crippen LogP contribution in [0, 0.1) is 5.82 Å². The molecule has 1 aromatic rings. The summed E-state index contributed by atoms with van der Waals surface area (Å²) in [5, 5.41) is 7.04. The predicted molar refractivity (Wildman–Crippen MR) is 158 cm³/mol. The van der Waals surface area contributed by atoms with Crippen LogP contribution >= 0.6 is 23.4 Å². The third kappa shape index (κ3) is 10.8. The zero-order chi connectivity index (χ0) is 26.9. The van der Waals surface area contributed by atoms with Gasteiger partial charge in [-0.25, -0.2) is 9.38 Å². The minimum absolute atomic E-state index is 0.213. The van der Waals surface area contributed by atoms with Crippen molar-refractivity contribution in [2.75, 3.05) is 32.7 Å². The van der Waals surface area contributed by atoms with Crippen LogP contribution in [-0.4, -0.2) is 49.2 Å². The number of hydrogen-bond acceptors (Lipinski definition) is 6. The molecule has 0 spiro atoms. The van der Waals surface area contributed by atoms with Crippen molar-refractivity contribution in [2.24, 2.45) is 4.99 Å². The molecule has 0 atom stereocenters. The van der Waals surface area contributed by atoms with Crippen molar-refractivity contribution in [3.05, 3.63) is 101 Å². The number of benzene rings is 1. The number of unbranched alkanes of at least 4 members (excludes halogenated alkanes) is 1. The molecular formula is C28H39ClFN5S. The Hall–Kier alpha value is -2.90. The Morgan fingerprint density at radius 3 is 2.36 bits per heavy atom. The summed E-state index contributed by atoms with van der Waals surface area (Å²) in [5.74, 6) is 0.277. The van der Waals surface area contributed by atoms with E-state index in [-0.39, 0.29) is 11.8 Å². The lowest BCUT2D eigenvalue weighted by Gasteiger charge is -2.30. The molecule has 36 heavy (non-hydrogen) atoms. The maximum absolute atomic E-state index is 13.2. The molecule has 0 radical (unpaired) electrons. The molecule has 1 aromatic carbocycles. The molecule has 0 aliphatic heterocycles. The SMILES string of the molecule is C=CN/C(N=C)=C(/NCCl)C(=C)N(CCCC)CCCN(C)C(=C)S/C(C=C)=C\c1ccc(F)cc1. The normalized spacial score (nSPS) is 11.7. The zero-order valence-corrected chi connectivity index (χ0v) is 23.1. The first-order chi connectivity index (χ1) is 17.3. The molecule has 0 fully saturated rings. The number of aliphatic imine (C=N–C) groups is 1. The lowest BCUT2D eigenvalue weighted by atomic mass is 10.2. The zero-order valence-electron chi connectivity index (χ0n) is 21.5. The summed E-state index contributed by atoms with van der Waals surface area (Å²) in [6.45, 7) is 24.4. The van der Waals surface area contributed by atoms with Crippen LogP contribution in [0.4, 0.5) is 4.39 Å². The predicted octanol–water partition coefficient (Wildman–Crippen LogP) is 6.88. The van der Waals surface area contributed by atoms with Gasteiger partial charge in [0.2, 0.25) is 0 Å². The van der Waals surface area contributed by atoms with Crippen LogP contribution < -0.4 is 10.6 Å². The van der Waals surface area contributed by atoms with Gasteiger partial charge in [0.25, 0.3) is 0 Å². The van der Waals surface area contributed by atoms with Crippen molar-refractivity contribution in [3.63, 3.8) is 0 Å². The highest BCUT2D eigenvalue weighted by Crippen LogP contribution is 2.29. The summed E-state index contributed by atoms with van der Waals surface area (Å²) >= 11 is 7.51. The molecule has 0 saturated heterocycles. The molecule has 5 nitrogen and oxygen atoms in total. The van der Waals surface area contributed by atoms with E-state index in [1.165, 1.54) is 23.9 Å². The maximum atomic E-state index is 13.2. The Bertz CT molecular complexity index is 955. The Balaban J connectivity index is 2.83. The lowest BCUT2D eigenvalue weighted by Crippen LogP contribution is -2.33. The van der Waals surface area contributed by atoms with Gasteiger partial charge in [-0.1, -0.05) is 69.6 Å². The first-order valence-electron chi connectivity index (χ1n) is 11.8. The van der Waals surface area contributed by atoms with Crippen LogP contribution in [0.2, 0.25) is 0 Å². The first kappa shape index (κ1) is 31.1. The van der Waals surface area contributed by atoms with E-state index in [2.05, 4.69) is 65.4 Å². The number of alkyl halides is 1. The Morgan fingerprint density at radius 1 is 1.14 bits per heavy atom. The molecule has 0 saturated carbocycles. The molecule has 0 unspecified atom stereocenters. The van der Waals surface area contributed by atoms with Gasteiger partial charge >= 0.3 is 0 Å². The van der Waals surface area contributed by atoms with Crippen LogP contribution in [-0.2, 0) is 0 Å². The minimum Gasteiger partial charge on any atom is -0.370 e. The van der Waals surface area contributed by atoms with Crippen molar-refractivity contribution in [1.82, 2.24) is 20.4 Å². The standard InChI is InChI=1S/C28H39ClFN5S/c1-8-11-18-35(22(4)27(33-21-29)28(31-6)32-10-3)19-12-17-34(7)23(5)36-26(9-2)20-24-13-15-25(30)16-14-24/h9-10,13-16,20,32-33H,2-6,8,11-12,17-19,21H2,1,7H3/b26-20-,28-27+. The fourth-order valence-electron chi connectivity index (χ4n) is 3.26. The van der Waals surface area contributed by atoms with E-state index >= 15 is 0 Å². The number of allylic oxidation sites excluding steroid dienone is 1. The van der Waals surface area contributed by atoms with Crippen LogP contribution in [0.1, 0.15) is 31.7 Å². The highest BCUT2D eigenvalue weighted by molar-refractivity contribution is 8.06. The van der Waals surface area contributed by atoms with E-state index in [9.17, 15) is 4.39 Å². The van der Waals surface area contributed by atoms with E-state index in [1.54, 1.807) is 24.4 Å². The average molecular weight is 532 g/mol. The highest BCUT2D eigenvalue weighted by Gasteiger charge is 2.16. The van der Waals surface area contributed by atoms with Crippen LogP contribution in [0.3, 0.4) is 0 Å². The quantitative estimate of drug-likeness (QED) is 0.0881. The lowest BCUT2D eigenvalue weighted by molar-refractivity contribution is 0.313. The van der Waals surface area contributed by atoms with E-state index in [0.29, 0.717) is 11.5 Å². The number of nitrogens with one attached hydrogen (secondary N) is 2. The third-order valence-corrected chi connectivity index (χ3v) is 6.49. The summed E-state index contributed by atoms with van der Waals surface area (Å²) in [6.07, 6.45) is 8.29. The molecule has 1 rings (SSSR count). The van der Waals surface area contributed by atoms with E-state index in [0.717, 1.165) is 60.1 Å². The second kappa shape index (κ2) is 17.5. The second-order valence-electron chi connectivity index (χ2n) is 7.90. The fraction of sp³-hybridized carbons (Fsp3) is 0.321. The van der Waals surface area contributed by atoms with Crippen molar-refractivity contribution >= 4 is 36.2 Å². The van der Waals surface area contributed by atoms with Gasteiger partial charge in [-0.3, -0.25) is 0 Å². The molecule has 2 N–H and O–H groups in total. The van der Waals surface area contributed by atoms with Crippen LogP contribution in [0.15, 0.2) is 95.0 Å². The summed E-state index contributed by atoms with van der Waals surface area (Å²) < 4.78 is 13.2. The van der Waals surface area contributed by atoms with Gasteiger partial charge in [0.05, 0.1) is 16.7 Å². The minimum atomic E-state index is -0.255.